The summed E-state index contributed by atoms with van der Waals surface area (Å²) >= 11 is 0. The van der Waals surface area contributed by atoms with Gasteiger partial charge >= 0.3 is 0 Å². The first-order chi connectivity index (χ1) is 23.6. The van der Waals surface area contributed by atoms with E-state index in [2.05, 4.69) is 31.7 Å². The van der Waals surface area contributed by atoms with Crippen LogP contribution in [0.15, 0.2) is 78.9 Å². The minimum atomic E-state index is -1.08. The fourth-order valence-corrected chi connectivity index (χ4v) is 5.87. The molecule has 3 heterocycles. The summed E-state index contributed by atoms with van der Waals surface area (Å²) in [5, 5.41) is 19.0. The third kappa shape index (κ3) is 7.72. The fourth-order valence-electron chi connectivity index (χ4n) is 5.87. The molecule has 1 spiro atoms. The number of nitrogens with one attached hydrogen (secondary N) is 5. The molecule has 13 nitrogen and oxygen atoms in total. The van der Waals surface area contributed by atoms with Crippen molar-refractivity contribution in [2.45, 2.75) is 56.3 Å². The predicted octanol–water partition coefficient (Wildman–Crippen LogP) is 1.30. The van der Waals surface area contributed by atoms with Crippen LogP contribution >= 0.6 is 0 Å². The van der Waals surface area contributed by atoms with E-state index in [4.69, 9.17) is 4.74 Å². The van der Waals surface area contributed by atoms with E-state index >= 15 is 0 Å². The maximum absolute atomic E-state index is 13.8. The molecule has 254 valence electrons. The molecule has 0 saturated heterocycles. The smallest absolute Gasteiger partial charge is 0.273 e. The van der Waals surface area contributed by atoms with E-state index in [9.17, 15) is 24.0 Å². The normalized spacial score (nSPS) is 21.6. The molecule has 1 saturated carbocycles. The molecule has 3 aliphatic rings. The molecular formula is C36H39N7O6. The van der Waals surface area contributed by atoms with Crippen LogP contribution in [0.25, 0.3) is 10.9 Å². The van der Waals surface area contributed by atoms with Gasteiger partial charge in [0.2, 0.25) is 23.6 Å². The van der Waals surface area contributed by atoms with Gasteiger partial charge in [0, 0.05) is 25.3 Å². The number of aryl methyl sites for hydroxylation is 1. The van der Waals surface area contributed by atoms with Crippen LogP contribution in [0.5, 0.6) is 5.75 Å². The lowest BCUT2D eigenvalue weighted by molar-refractivity contribution is -0.134. The first-order valence-electron chi connectivity index (χ1n) is 16.3. The van der Waals surface area contributed by atoms with E-state index in [-0.39, 0.29) is 37.6 Å². The summed E-state index contributed by atoms with van der Waals surface area (Å²) in [7, 11) is 1.74. The van der Waals surface area contributed by atoms with Gasteiger partial charge in [0.15, 0.2) is 5.69 Å². The van der Waals surface area contributed by atoms with E-state index in [0.29, 0.717) is 24.0 Å². The second-order valence-corrected chi connectivity index (χ2v) is 12.5. The van der Waals surface area contributed by atoms with Gasteiger partial charge in [-0.05, 0) is 49.1 Å². The molecule has 2 aliphatic heterocycles. The first-order valence-corrected chi connectivity index (χ1v) is 16.3. The van der Waals surface area contributed by atoms with Crippen LogP contribution in [0.2, 0.25) is 0 Å². The minimum Gasteiger partial charge on any atom is -0.492 e. The van der Waals surface area contributed by atoms with Gasteiger partial charge in [-0.1, -0.05) is 60.7 Å². The average Bonchev–Trinajstić information content (AvgIpc) is 3.81. The fraction of sp³-hybridized carbons (Fsp3) is 0.333. The highest BCUT2D eigenvalue weighted by Crippen LogP contribution is 2.35. The Kier molecular flexibility index (Phi) is 9.61. The third-order valence-corrected chi connectivity index (χ3v) is 8.83. The number of hydrogen-bond acceptors (Lipinski definition) is 7. The van der Waals surface area contributed by atoms with Crippen molar-refractivity contribution in [1.82, 2.24) is 36.4 Å². The van der Waals surface area contributed by atoms with Gasteiger partial charge in [-0.3, -0.25) is 28.7 Å². The number of rotatable bonds is 4. The molecule has 0 unspecified atom stereocenters. The third-order valence-electron chi connectivity index (χ3n) is 8.83. The Balaban J connectivity index is 1.26. The number of amides is 5. The predicted molar refractivity (Wildman–Crippen MR) is 180 cm³/mol. The van der Waals surface area contributed by atoms with Crippen LogP contribution in [0.3, 0.4) is 0 Å². The number of ether oxygens (including phenoxy) is 1. The second kappa shape index (κ2) is 14.2. The summed E-state index contributed by atoms with van der Waals surface area (Å²) in [6.45, 7) is 1.92. The first kappa shape index (κ1) is 33.2. The van der Waals surface area contributed by atoms with E-state index in [1.807, 2.05) is 42.5 Å². The van der Waals surface area contributed by atoms with Gasteiger partial charge < -0.3 is 31.3 Å². The summed E-state index contributed by atoms with van der Waals surface area (Å²) in [5.74, 6) is -2.01. The van der Waals surface area contributed by atoms with Gasteiger partial charge in [-0.2, -0.15) is 5.10 Å². The van der Waals surface area contributed by atoms with Crippen molar-refractivity contribution < 1.29 is 28.7 Å². The lowest BCUT2D eigenvalue weighted by atomic mass is 10.0. The lowest BCUT2D eigenvalue weighted by Crippen LogP contribution is -2.59. The Hall–Kier alpha value is -5.72. The summed E-state index contributed by atoms with van der Waals surface area (Å²) in [6.07, 6.45) is 1.20. The van der Waals surface area contributed by atoms with Gasteiger partial charge in [0.05, 0.1) is 12.1 Å². The summed E-state index contributed by atoms with van der Waals surface area (Å²) < 4.78 is 7.41. The lowest BCUT2D eigenvalue weighted by Gasteiger charge is -2.25. The van der Waals surface area contributed by atoms with E-state index in [0.717, 1.165) is 16.6 Å². The number of carbonyl (C=O) groups is 5. The van der Waals surface area contributed by atoms with Crippen LogP contribution < -0.4 is 31.3 Å². The van der Waals surface area contributed by atoms with Crippen molar-refractivity contribution in [3.8, 4) is 5.75 Å². The second-order valence-electron chi connectivity index (χ2n) is 12.5. The number of para-hydroxylation sites is 1. The summed E-state index contributed by atoms with van der Waals surface area (Å²) in [5.41, 5.74) is 1.39. The zero-order chi connectivity index (χ0) is 34.5. The number of fused-ring (bicyclic) bond motifs is 16. The number of carbonyl (C=O) groups excluding carboxylic acids is 5. The minimum absolute atomic E-state index is 0.105. The van der Waals surface area contributed by atoms with Crippen molar-refractivity contribution in [2.75, 3.05) is 13.2 Å². The number of benzene rings is 3. The Morgan fingerprint density at radius 1 is 0.918 bits per heavy atom. The molecule has 1 aromatic heterocycles. The van der Waals surface area contributed by atoms with E-state index in [1.165, 1.54) is 6.92 Å². The quantitative estimate of drug-likeness (QED) is 0.205. The van der Waals surface area contributed by atoms with Crippen LogP contribution in [0.1, 0.15) is 41.4 Å². The molecule has 0 radical (unpaired) electrons. The highest BCUT2D eigenvalue weighted by molar-refractivity contribution is 6.06. The molecular weight excluding hydrogens is 626 g/mol. The Bertz CT molecular complexity index is 1870. The van der Waals surface area contributed by atoms with Crippen molar-refractivity contribution in [2.24, 2.45) is 7.05 Å². The zero-order valence-electron chi connectivity index (χ0n) is 27.3. The monoisotopic (exact) mass is 665 g/mol. The molecule has 49 heavy (non-hydrogen) atoms. The molecule has 7 rings (SSSR count). The molecule has 5 N–H and O–H groups in total. The van der Waals surface area contributed by atoms with Gasteiger partial charge in [-0.15, -0.1) is 0 Å². The van der Waals surface area contributed by atoms with Crippen LogP contribution in [0, 0.1) is 0 Å². The topological polar surface area (TPSA) is 173 Å². The standard InChI is InChI=1S/C36H39N7O6/c1-22-31(44)39-28(20-23-8-4-3-5-9-23)33(46)41-36(16-17-36)35(48)37-18-19-49-25-14-12-24(13-15-25)21-27(32(45)38-22)40-34(47)30-26-10-6-7-11-29(26)43(2)42-30/h3-15,22,27-28H,16-21H2,1-2H3,(H,37,48)(H,38,45)(H,39,44)(H,40,47)(H,41,46)/t22-,27-,28+/m0/s1. The molecule has 1 fully saturated rings. The van der Waals surface area contributed by atoms with Gasteiger partial charge in [0.1, 0.15) is 36.0 Å². The highest BCUT2D eigenvalue weighted by Gasteiger charge is 2.51. The molecule has 5 amide bonds. The SMILES string of the molecule is C[C@@H]1NC(=O)[C@@H](NC(=O)c2nn(C)c3ccccc23)Cc2ccc(cc2)OCCNC(=O)C2(CC2)NC(=O)[C@@H](Cc2ccccc2)NC1=O. The maximum atomic E-state index is 13.8. The van der Waals surface area contributed by atoms with Crippen molar-refractivity contribution in [3.63, 3.8) is 0 Å². The number of nitrogens with zero attached hydrogens (tertiary/aromatic N) is 2. The maximum Gasteiger partial charge on any atom is 0.273 e. The van der Waals surface area contributed by atoms with Crippen LogP contribution in [-0.2, 0) is 39.1 Å². The highest BCUT2D eigenvalue weighted by atomic mass is 16.5. The van der Waals surface area contributed by atoms with Crippen molar-refractivity contribution >= 4 is 40.4 Å². The molecule has 1 aliphatic carbocycles. The van der Waals surface area contributed by atoms with Gasteiger partial charge in [-0.25, -0.2) is 0 Å². The zero-order valence-corrected chi connectivity index (χ0v) is 27.3. The molecule has 2 bridgehead atoms. The molecule has 3 aromatic carbocycles. The van der Waals surface area contributed by atoms with E-state index in [1.54, 1.807) is 48.1 Å². The van der Waals surface area contributed by atoms with Crippen molar-refractivity contribution in [1.29, 1.82) is 0 Å². The van der Waals surface area contributed by atoms with Crippen molar-refractivity contribution in [3.05, 3.63) is 95.7 Å². The average molecular weight is 666 g/mol. The number of aromatic nitrogens is 2. The molecule has 4 aromatic rings. The Morgan fingerprint density at radius 3 is 2.37 bits per heavy atom. The molecule has 13 heteroatoms. The Morgan fingerprint density at radius 2 is 1.63 bits per heavy atom. The largest absolute Gasteiger partial charge is 0.492 e. The Labute approximate surface area is 283 Å². The van der Waals surface area contributed by atoms with E-state index < -0.39 is 47.3 Å². The molecule has 3 atom stereocenters. The van der Waals surface area contributed by atoms with Gasteiger partial charge in [0.25, 0.3) is 5.91 Å². The van der Waals surface area contributed by atoms with Crippen LogP contribution in [0.4, 0.5) is 0 Å². The van der Waals surface area contributed by atoms with Crippen LogP contribution in [-0.4, -0.2) is 76.1 Å². The number of hydrogen-bond donors (Lipinski definition) is 5. The summed E-state index contributed by atoms with van der Waals surface area (Å²) in [6, 6.07) is 20.3. The summed E-state index contributed by atoms with van der Waals surface area (Å²) in [4.78, 5) is 67.5.